The molecule has 3 nitrogen and oxygen atoms in total. The van der Waals surface area contributed by atoms with Crippen molar-refractivity contribution in [3.05, 3.63) is 29.6 Å². The summed E-state index contributed by atoms with van der Waals surface area (Å²) in [6.45, 7) is 3.29. The van der Waals surface area contributed by atoms with Crippen LogP contribution in [0.2, 0.25) is 0 Å². The van der Waals surface area contributed by atoms with Gasteiger partial charge in [0.2, 0.25) is 0 Å². The second kappa shape index (κ2) is 3.72. The van der Waals surface area contributed by atoms with Crippen LogP contribution in [0.25, 0.3) is 11.0 Å². The van der Waals surface area contributed by atoms with Gasteiger partial charge in [0.25, 0.3) is 0 Å². The fraction of sp³-hybridized carbons (Fsp3) is 0.462. The molecule has 1 aromatic heterocycles. The summed E-state index contributed by atoms with van der Waals surface area (Å²) < 4.78 is 0. The maximum Gasteiger partial charge on any atom is 0.124 e. The van der Waals surface area contributed by atoms with Crippen LogP contribution >= 0.6 is 12.4 Å². The lowest BCUT2D eigenvalue weighted by Crippen LogP contribution is -2.19. The quantitative estimate of drug-likeness (QED) is 0.816. The Morgan fingerprint density at radius 1 is 1.35 bits per heavy atom. The molecule has 2 N–H and O–H groups in total. The van der Waals surface area contributed by atoms with Crippen LogP contribution in [-0.4, -0.2) is 16.5 Å². The van der Waals surface area contributed by atoms with Gasteiger partial charge in [-0.25, -0.2) is 4.98 Å². The number of para-hydroxylation sites is 1. The van der Waals surface area contributed by atoms with Crippen LogP contribution in [0.4, 0.5) is 0 Å². The lowest BCUT2D eigenvalue weighted by molar-refractivity contribution is 0.538. The monoisotopic (exact) mass is 249 g/mol. The van der Waals surface area contributed by atoms with Crippen molar-refractivity contribution in [2.75, 3.05) is 6.54 Å². The van der Waals surface area contributed by atoms with Crippen molar-refractivity contribution in [1.82, 2.24) is 15.3 Å². The number of nitrogens with zero attached hydrogens (tertiary/aromatic N) is 1. The van der Waals surface area contributed by atoms with Crippen LogP contribution in [0.3, 0.4) is 0 Å². The summed E-state index contributed by atoms with van der Waals surface area (Å²) >= 11 is 0. The van der Waals surface area contributed by atoms with E-state index in [2.05, 4.69) is 35.4 Å². The number of halogens is 1. The van der Waals surface area contributed by atoms with E-state index in [4.69, 9.17) is 4.98 Å². The zero-order valence-corrected chi connectivity index (χ0v) is 10.6. The first-order valence-corrected chi connectivity index (χ1v) is 6.01. The van der Waals surface area contributed by atoms with E-state index in [1.807, 2.05) is 0 Å². The highest BCUT2D eigenvalue weighted by Gasteiger charge is 2.49. The molecule has 2 aromatic rings. The maximum atomic E-state index is 4.75. The van der Waals surface area contributed by atoms with Gasteiger partial charge in [0.1, 0.15) is 5.82 Å². The average molecular weight is 250 g/mol. The molecule has 0 amide bonds. The maximum absolute atomic E-state index is 4.75. The van der Waals surface area contributed by atoms with Crippen LogP contribution < -0.4 is 5.32 Å². The van der Waals surface area contributed by atoms with Crippen molar-refractivity contribution < 1.29 is 0 Å². The molecule has 0 radical (unpaired) electrons. The van der Waals surface area contributed by atoms with E-state index in [1.165, 1.54) is 24.0 Å². The molecule has 2 aliphatic rings. The molecular formula is C13H16ClN3. The van der Waals surface area contributed by atoms with Gasteiger partial charge in [-0.05, 0) is 43.4 Å². The molecular weight excluding hydrogens is 234 g/mol. The molecule has 17 heavy (non-hydrogen) atoms. The van der Waals surface area contributed by atoms with E-state index >= 15 is 0 Å². The van der Waals surface area contributed by atoms with Crippen molar-refractivity contribution in [3.8, 4) is 0 Å². The van der Waals surface area contributed by atoms with Crippen LogP contribution in [0.15, 0.2) is 18.2 Å². The van der Waals surface area contributed by atoms with Gasteiger partial charge in [-0.1, -0.05) is 12.1 Å². The second-order valence-corrected chi connectivity index (χ2v) is 5.14. The molecule has 1 aliphatic carbocycles. The zero-order chi connectivity index (χ0) is 10.7. The summed E-state index contributed by atoms with van der Waals surface area (Å²) in [5.41, 5.74) is 3.55. The summed E-state index contributed by atoms with van der Waals surface area (Å²) in [7, 11) is 0. The predicted octanol–water partition coefficient (Wildman–Crippen LogP) is 2.57. The van der Waals surface area contributed by atoms with Gasteiger partial charge in [-0.2, -0.15) is 0 Å². The number of hydrogen-bond donors (Lipinski definition) is 2. The number of benzene rings is 1. The SMILES string of the molecule is Cc1cccc2[nH]c([C@H]3NC[C@H]4C[C@H]43)nc12.Cl. The molecule has 4 rings (SSSR count). The van der Waals surface area contributed by atoms with Gasteiger partial charge >= 0.3 is 0 Å². The molecule has 4 heteroatoms. The Kier molecular flexibility index (Phi) is 2.42. The third kappa shape index (κ3) is 1.57. The van der Waals surface area contributed by atoms with Gasteiger partial charge in [0.15, 0.2) is 0 Å². The standard InChI is InChI=1S/C13H15N3.ClH/c1-7-3-2-4-10-11(7)16-13(15-10)12-9-5-8(9)6-14-12;/h2-4,8-9,12,14H,5-6H2,1H3,(H,15,16);1H/t8-,9-,12+;/m1./s1. The molecule has 1 saturated heterocycles. The van der Waals surface area contributed by atoms with Gasteiger partial charge in [-0.3, -0.25) is 0 Å². The number of hydrogen-bond acceptors (Lipinski definition) is 2. The molecule has 1 aromatic carbocycles. The van der Waals surface area contributed by atoms with Crippen molar-refractivity contribution >= 4 is 23.4 Å². The van der Waals surface area contributed by atoms with Gasteiger partial charge in [0.05, 0.1) is 17.1 Å². The van der Waals surface area contributed by atoms with E-state index < -0.39 is 0 Å². The Balaban J connectivity index is 0.000000902. The first-order valence-electron chi connectivity index (χ1n) is 6.01. The molecule has 3 atom stereocenters. The third-order valence-electron chi connectivity index (χ3n) is 4.03. The number of rotatable bonds is 1. The summed E-state index contributed by atoms with van der Waals surface area (Å²) in [4.78, 5) is 8.22. The van der Waals surface area contributed by atoms with Crippen molar-refractivity contribution in [3.63, 3.8) is 0 Å². The van der Waals surface area contributed by atoms with Crippen molar-refractivity contribution in [1.29, 1.82) is 0 Å². The van der Waals surface area contributed by atoms with E-state index in [-0.39, 0.29) is 12.4 Å². The van der Waals surface area contributed by atoms with Crippen LogP contribution in [0, 0.1) is 18.8 Å². The number of aromatic amines is 1. The fourth-order valence-corrected chi connectivity index (χ4v) is 2.99. The first-order chi connectivity index (χ1) is 7.83. The average Bonchev–Trinajstić information content (AvgIpc) is 2.75. The highest BCUT2D eigenvalue weighted by Crippen LogP contribution is 2.51. The Morgan fingerprint density at radius 3 is 2.88 bits per heavy atom. The highest BCUT2D eigenvalue weighted by atomic mass is 35.5. The van der Waals surface area contributed by atoms with Crippen LogP contribution in [-0.2, 0) is 0 Å². The normalized spacial score (nSPS) is 30.1. The summed E-state index contributed by atoms with van der Waals surface area (Å²) in [6.07, 6.45) is 1.38. The second-order valence-electron chi connectivity index (χ2n) is 5.14. The minimum absolute atomic E-state index is 0. The number of aromatic nitrogens is 2. The van der Waals surface area contributed by atoms with E-state index in [9.17, 15) is 0 Å². The van der Waals surface area contributed by atoms with Gasteiger partial charge < -0.3 is 10.3 Å². The number of imidazole rings is 1. The first kappa shape index (κ1) is 11.1. The Morgan fingerprint density at radius 2 is 2.24 bits per heavy atom. The smallest absolute Gasteiger partial charge is 0.124 e. The molecule has 1 aliphatic heterocycles. The molecule has 90 valence electrons. The number of piperidine rings is 1. The van der Waals surface area contributed by atoms with Crippen LogP contribution in [0.1, 0.15) is 23.9 Å². The number of H-pyrrole nitrogens is 1. The lowest BCUT2D eigenvalue weighted by Gasteiger charge is -2.08. The van der Waals surface area contributed by atoms with Crippen molar-refractivity contribution in [2.45, 2.75) is 19.4 Å². The van der Waals surface area contributed by atoms with E-state index in [0.717, 1.165) is 23.2 Å². The number of fused-ring (bicyclic) bond motifs is 2. The Labute approximate surface area is 106 Å². The molecule has 2 heterocycles. The molecule has 1 saturated carbocycles. The fourth-order valence-electron chi connectivity index (χ4n) is 2.99. The van der Waals surface area contributed by atoms with Gasteiger partial charge in [-0.15, -0.1) is 12.4 Å². The van der Waals surface area contributed by atoms with Crippen molar-refractivity contribution in [2.24, 2.45) is 11.8 Å². The number of nitrogens with one attached hydrogen (secondary N) is 2. The zero-order valence-electron chi connectivity index (χ0n) is 9.73. The number of aryl methyl sites for hydroxylation is 1. The summed E-state index contributed by atoms with van der Waals surface area (Å²) in [5, 5.41) is 3.56. The highest BCUT2D eigenvalue weighted by molar-refractivity contribution is 5.85. The van der Waals surface area contributed by atoms with Gasteiger partial charge in [0, 0.05) is 0 Å². The van der Waals surface area contributed by atoms with E-state index in [1.54, 1.807) is 0 Å². The predicted molar refractivity (Wildman–Crippen MR) is 70.4 cm³/mol. The topological polar surface area (TPSA) is 40.7 Å². The summed E-state index contributed by atoms with van der Waals surface area (Å²) in [6, 6.07) is 6.78. The minimum atomic E-state index is 0. The molecule has 0 unspecified atom stereocenters. The lowest BCUT2D eigenvalue weighted by atomic mass is 10.2. The molecule has 0 spiro atoms. The Hall–Kier alpha value is -1.06. The molecule has 2 fully saturated rings. The third-order valence-corrected chi connectivity index (χ3v) is 4.03. The largest absolute Gasteiger partial charge is 0.341 e. The minimum Gasteiger partial charge on any atom is -0.341 e. The Bertz CT molecular complexity index is 563. The van der Waals surface area contributed by atoms with Crippen LogP contribution in [0.5, 0.6) is 0 Å². The summed E-state index contributed by atoms with van der Waals surface area (Å²) in [5.74, 6) is 2.88. The molecule has 0 bridgehead atoms. The van der Waals surface area contributed by atoms with E-state index in [0.29, 0.717) is 6.04 Å².